The van der Waals surface area contributed by atoms with E-state index >= 15 is 0 Å². The van der Waals surface area contributed by atoms with E-state index in [-0.39, 0.29) is 18.1 Å². The number of carbonyl (C=O) groups excluding carboxylic acids is 2. The van der Waals surface area contributed by atoms with Crippen molar-refractivity contribution in [1.29, 1.82) is 0 Å². The number of ether oxygens (including phenoxy) is 1. The molecule has 144 valence electrons. The minimum atomic E-state index is -0.452. The summed E-state index contributed by atoms with van der Waals surface area (Å²) in [5.41, 5.74) is 2.02. The van der Waals surface area contributed by atoms with Gasteiger partial charge in [-0.2, -0.15) is 0 Å². The first-order chi connectivity index (χ1) is 13.4. The van der Waals surface area contributed by atoms with Gasteiger partial charge in [-0.25, -0.2) is 4.79 Å². The molecule has 5 nitrogen and oxygen atoms in total. The van der Waals surface area contributed by atoms with Crippen molar-refractivity contribution in [1.82, 2.24) is 10.2 Å². The van der Waals surface area contributed by atoms with Crippen LogP contribution in [-0.4, -0.2) is 23.4 Å². The van der Waals surface area contributed by atoms with E-state index in [0.29, 0.717) is 12.4 Å². The molecule has 1 fully saturated rings. The molecule has 1 aliphatic rings. The third kappa shape index (κ3) is 4.84. The highest BCUT2D eigenvalue weighted by Gasteiger charge is 2.32. The number of carbonyl (C=O) groups is 2. The molecule has 0 unspecified atom stereocenters. The average molecular weight is 618 g/mol. The van der Waals surface area contributed by atoms with Crippen molar-refractivity contribution < 1.29 is 14.3 Å². The fourth-order valence-electron chi connectivity index (χ4n) is 2.57. The minimum absolute atomic E-state index is 0.167. The topological polar surface area (TPSA) is 58.6 Å². The Morgan fingerprint density at radius 3 is 2.39 bits per heavy atom. The fourth-order valence-corrected chi connectivity index (χ4v) is 4.38. The maximum atomic E-state index is 12.3. The Labute approximate surface area is 193 Å². The zero-order chi connectivity index (χ0) is 20.3. The first-order valence-corrected chi connectivity index (χ1v) is 10.9. The summed E-state index contributed by atoms with van der Waals surface area (Å²) in [4.78, 5) is 25.3. The number of nitrogens with one attached hydrogen (secondary N) is 1. The van der Waals surface area contributed by atoms with E-state index in [1.54, 1.807) is 6.08 Å². The Morgan fingerprint density at radius 2 is 1.79 bits per heavy atom. The molecule has 0 atom stereocenters. The van der Waals surface area contributed by atoms with Gasteiger partial charge in [0.2, 0.25) is 0 Å². The first-order valence-electron chi connectivity index (χ1n) is 8.20. The minimum Gasteiger partial charge on any atom is -0.487 e. The van der Waals surface area contributed by atoms with E-state index in [0.717, 1.165) is 25.0 Å². The van der Waals surface area contributed by atoms with Crippen molar-refractivity contribution in [2.45, 2.75) is 6.61 Å². The summed E-state index contributed by atoms with van der Waals surface area (Å²) < 4.78 is 8.57. The van der Waals surface area contributed by atoms with Gasteiger partial charge in [0.15, 0.2) is 0 Å². The number of halogens is 3. The number of benzene rings is 2. The standard InChI is InChI=1S/C20H15Br2IN2O3/c1-2-7-25-19(26)17(24-20(25)27)10-13-8-15(21)18(16(22)9-13)28-11-12-3-5-14(23)6-4-12/h2-6,8-10H,1,7,11H2,(H,24,27)/b17-10+. The van der Waals surface area contributed by atoms with Gasteiger partial charge in [0.25, 0.3) is 5.91 Å². The third-order valence-corrected chi connectivity index (χ3v) is 5.80. The van der Waals surface area contributed by atoms with Gasteiger partial charge in [0.1, 0.15) is 18.1 Å². The highest BCUT2D eigenvalue weighted by Crippen LogP contribution is 2.36. The highest BCUT2D eigenvalue weighted by molar-refractivity contribution is 14.1. The van der Waals surface area contributed by atoms with Crippen LogP contribution < -0.4 is 10.1 Å². The maximum absolute atomic E-state index is 12.3. The van der Waals surface area contributed by atoms with Crippen LogP contribution in [0, 0.1) is 3.57 Å². The molecule has 3 amide bonds. The molecule has 0 aliphatic carbocycles. The number of rotatable bonds is 6. The van der Waals surface area contributed by atoms with Crippen LogP contribution in [0.2, 0.25) is 0 Å². The second-order valence-electron chi connectivity index (χ2n) is 5.92. The second kappa shape index (κ2) is 9.23. The van der Waals surface area contributed by atoms with Gasteiger partial charge in [0, 0.05) is 10.1 Å². The summed E-state index contributed by atoms with van der Waals surface area (Å²) in [5.74, 6) is 0.284. The van der Waals surface area contributed by atoms with Gasteiger partial charge in [-0.3, -0.25) is 9.69 Å². The monoisotopic (exact) mass is 616 g/mol. The highest BCUT2D eigenvalue weighted by atomic mass is 127. The quantitative estimate of drug-likeness (QED) is 0.202. The van der Waals surface area contributed by atoms with E-state index in [2.05, 4.69) is 66.3 Å². The number of hydrogen-bond donors (Lipinski definition) is 1. The maximum Gasteiger partial charge on any atom is 0.329 e. The SMILES string of the molecule is C=CCN1C(=O)N/C(=C/c2cc(Br)c(OCc3ccc(I)cc3)c(Br)c2)C1=O. The number of imide groups is 1. The Kier molecular flexibility index (Phi) is 6.95. The molecule has 0 aromatic heterocycles. The van der Waals surface area contributed by atoms with Crippen LogP contribution in [0.1, 0.15) is 11.1 Å². The number of nitrogens with zero attached hydrogens (tertiary/aromatic N) is 1. The Balaban J connectivity index is 1.78. The van der Waals surface area contributed by atoms with Gasteiger partial charge in [0.05, 0.1) is 8.95 Å². The van der Waals surface area contributed by atoms with Crippen molar-refractivity contribution in [3.63, 3.8) is 0 Å². The molecule has 0 bridgehead atoms. The Hall–Kier alpha value is -1.65. The average Bonchev–Trinajstić information content (AvgIpc) is 2.90. The smallest absolute Gasteiger partial charge is 0.329 e. The third-order valence-electron chi connectivity index (χ3n) is 3.90. The normalized spacial score (nSPS) is 15.1. The van der Waals surface area contributed by atoms with Gasteiger partial charge in [-0.1, -0.05) is 18.2 Å². The molecule has 28 heavy (non-hydrogen) atoms. The van der Waals surface area contributed by atoms with Crippen LogP contribution >= 0.6 is 54.5 Å². The van der Waals surface area contributed by atoms with Gasteiger partial charge in [-0.05, 0) is 95.9 Å². The van der Waals surface area contributed by atoms with E-state index in [9.17, 15) is 9.59 Å². The molecule has 1 heterocycles. The fraction of sp³-hybridized carbons (Fsp3) is 0.100. The van der Waals surface area contributed by atoms with Gasteiger partial charge >= 0.3 is 6.03 Å². The molecule has 8 heteroatoms. The second-order valence-corrected chi connectivity index (χ2v) is 8.88. The number of amides is 3. The molecule has 1 aliphatic heterocycles. The van der Waals surface area contributed by atoms with Gasteiger partial charge in [-0.15, -0.1) is 6.58 Å². The lowest BCUT2D eigenvalue weighted by molar-refractivity contribution is -0.122. The summed E-state index contributed by atoms with van der Waals surface area (Å²) in [6.45, 7) is 4.16. The van der Waals surface area contributed by atoms with Crippen molar-refractivity contribution in [3.05, 3.63) is 78.4 Å². The Morgan fingerprint density at radius 1 is 1.14 bits per heavy atom. The first kappa shape index (κ1) is 21.1. The lowest BCUT2D eigenvalue weighted by atomic mass is 10.2. The van der Waals surface area contributed by atoms with Crippen LogP contribution in [0.15, 0.2) is 63.7 Å². The summed E-state index contributed by atoms with van der Waals surface area (Å²) in [6, 6.07) is 11.3. The van der Waals surface area contributed by atoms with Crippen LogP contribution in [0.25, 0.3) is 6.08 Å². The zero-order valence-electron chi connectivity index (χ0n) is 14.5. The van der Waals surface area contributed by atoms with E-state index in [4.69, 9.17) is 4.74 Å². The molecule has 1 N–H and O–H groups in total. The number of urea groups is 1. The number of hydrogen-bond acceptors (Lipinski definition) is 3. The summed E-state index contributed by atoms with van der Waals surface area (Å²) in [7, 11) is 0. The molecule has 0 radical (unpaired) electrons. The lowest BCUT2D eigenvalue weighted by Gasteiger charge is -2.12. The van der Waals surface area contributed by atoms with Crippen LogP contribution in [-0.2, 0) is 11.4 Å². The van der Waals surface area contributed by atoms with E-state index < -0.39 is 6.03 Å². The molecule has 2 aromatic rings. The lowest BCUT2D eigenvalue weighted by Crippen LogP contribution is -2.30. The van der Waals surface area contributed by atoms with Crippen molar-refractivity contribution in [3.8, 4) is 5.75 Å². The molecule has 1 saturated heterocycles. The zero-order valence-corrected chi connectivity index (χ0v) is 19.9. The van der Waals surface area contributed by atoms with Crippen molar-refractivity contribution in [2.75, 3.05) is 6.54 Å². The molecule has 0 saturated carbocycles. The predicted octanol–water partition coefficient (Wildman–Crippen LogP) is 5.47. The molecule has 0 spiro atoms. The van der Waals surface area contributed by atoms with Crippen LogP contribution in [0.3, 0.4) is 0 Å². The molecular weight excluding hydrogens is 603 g/mol. The van der Waals surface area contributed by atoms with Crippen LogP contribution in [0.4, 0.5) is 4.79 Å². The summed E-state index contributed by atoms with van der Waals surface area (Å²) in [5, 5.41) is 2.58. The van der Waals surface area contributed by atoms with E-state index in [1.165, 1.54) is 9.65 Å². The molecule has 3 rings (SSSR count). The van der Waals surface area contributed by atoms with Crippen molar-refractivity contribution in [2.24, 2.45) is 0 Å². The molecule has 2 aromatic carbocycles. The Bertz CT molecular complexity index is 951. The van der Waals surface area contributed by atoms with E-state index in [1.807, 2.05) is 36.4 Å². The molecular formula is C20H15Br2IN2O3. The van der Waals surface area contributed by atoms with Crippen molar-refractivity contribution >= 4 is 72.5 Å². The van der Waals surface area contributed by atoms with Gasteiger partial charge < -0.3 is 10.1 Å². The predicted molar refractivity (Wildman–Crippen MR) is 124 cm³/mol. The largest absolute Gasteiger partial charge is 0.487 e. The summed E-state index contributed by atoms with van der Waals surface area (Å²) >= 11 is 9.29. The van der Waals surface area contributed by atoms with Crippen LogP contribution in [0.5, 0.6) is 5.75 Å². The summed E-state index contributed by atoms with van der Waals surface area (Å²) in [6.07, 6.45) is 3.13.